The molecule has 3 fully saturated rings. The highest BCUT2D eigenvalue weighted by Gasteiger charge is 2.55. The van der Waals surface area contributed by atoms with Crippen molar-refractivity contribution in [2.24, 2.45) is 17.8 Å². The van der Waals surface area contributed by atoms with Gasteiger partial charge in [0.25, 0.3) is 5.92 Å². The fourth-order valence-corrected chi connectivity index (χ4v) is 2.85. The quantitative estimate of drug-likeness (QED) is 0.675. The van der Waals surface area contributed by atoms with E-state index in [-0.39, 0.29) is 13.1 Å². The average Bonchev–Trinajstić information content (AvgIpc) is 2.47. The van der Waals surface area contributed by atoms with Gasteiger partial charge in [-0.15, -0.1) is 0 Å². The molecule has 0 aromatic carbocycles. The van der Waals surface area contributed by atoms with Gasteiger partial charge in [0.2, 0.25) is 0 Å². The lowest BCUT2D eigenvalue weighted by atomic mass is 10.1. The van der Waals surface area contributed by atoms with Crippen LogP contribution in [0.4, 0.5) is 8.78 Å². The molecule has 1 saturated carbocycles. The maximum absolute atomic E-state index is 12.5. The van der Waals surface area contributed by atoms with Crippen LogP contribution >= 0.6 is 0 Å². The van der Waals surface area contributed by atoms with Crippen molar-refractivity contribution in [1.29, 1.82) is 0 Å². The number of hydrogen-bond donors (Lipinski definition) is 1. The molecule has 2 heterocycles. The third kappa shape index (κ3) is 1.27. The van der Waals surface area contributed by atoms with Crippen molar-refractivity contribution in [3.05, 3.63) is 0 Å². The zero-order valence-electron chi connectivity index (χ0n) is 7.47. The van der Waals surface area contributed by atoms with E-state index < -0.39 is 5.92 Å². The van der Waals surface area contributed by atoms with Crippen molar-refractivity contribution in [3.8, 4) is 0 Å². The lowest BCUT2D eigenvalue weighted by molar-refractivity contribution is -0.132. The largest absolute Gasteiger partial charge is 0.316 e. The third-order valence-electron chi connectivity index (χ3n) is 3.65. The molecule has 3 aliphatic rings. The van der Waals surface area contributed by atoms with Crippen molar-refractivity contribution in [2.45, 2.75) is 5.92 Å². The van der Waals surface area contributed by atoms with E-state index in [0.29, 0.717) is 0 Å². The second kappa shape index (κ2) is 2.42. The average molecular weight is 188 g/mol. The standard InChI is InChI=1S/C9H14F2N2/c10-9(11)4-13(5-9)3-8-6-1-12-2-7(6)8/h6-8,12H,1-5H2/t6-,7+,8?. The summed E-state index contributed by atoms with van der Waals surface area (Å²) in [6, 6.07) is 0. The number of hydrogen-bond acceptors (Lipinski definition) is 2. The number of fused-ring (bicyclic) bond motifs is 1. The fourth-order valence-electron chi connectivity index (χ4n) is 2.85. The van der Waals surface area contributed by atoms with Gasteiger partial charge in [-0.3, -0.25) is 4.90 Å². The van der Waals surface area contributed by atoms with Crippen molar-refractivity contribution < 1.29 is 8.78 Å². The van der Waals surface area contributed by atoms with Gasteiger partial charge in [-0.1, -0.05) is 0 Å². The van der Waals surface area contributed by atoms with Crippen LogP contribution in [0.15, 0.2) is 0 Å². The Hall–Kier alpha value is -0.220. The second-order valence-corrected chi connectivity index (χ2v) is 4.68. The Morgan fingerprint density at radius 2 is 1.85 bits per heavy atom. The Morgan fingerprint density at radius 1 is 1.23 bits per heavy atom. The highest BCUT2D eigenvalue weighted by molar-refractivity contribution is 5.06. The van der Waals surface area contributed by atoms with Crippen molar-refractivity contribution in [1.82, 2.24) is 10.2 Å². The molecule has 2 nitrogen and oxygen atoms in total. The third-order valence-corrected chi connectivity index (χ3v) is 3.65. The Balaban J connectivity index is 1.46. The van der Waals surface area contributed by atoms with Gasteiger partial charge in [0.15, 0.2) is 0 Å². The number of piperidine rings is 1. The first kappa shape index (κ1) is 8.12. The van der Waals surface area contributed by atoms with Crippen molar-refractivity contribution >= 4 is 0 Å². The van der Waals surface area contributed by atoms with Gasteiger partial charge in [-0.25, -0.2) is 8.78 Å². The van der Waals surface area contributed by atoms with Gasteiger partial charge in [-0.05, 0) is 30.8 Å². The second-order valence-electron chi connectivity index (χ2n) is 4.68. The zero-order chi connectivity index (χ0) is 9.05. The smallest absolute Gasteiger partial charge is 0.272 e. The molecule has 0 amide bonds. The van der Waals surface area contributed by atoms with Gasteiger partial charge in [0.1, 0.15) is 0 Å². The van der Waals surface area contributed by atoms with Gasteiger partial charge in [0.05, 0.1) is 13.1 Å². The molecule has 0 radical (unpaired) electrons. The SMILES string of the molecule is FC1(F)CN(CC2[C@H]3CNC[C@@H]23)C1. The normalized spacial score (nSPS) is 47.1. The monoisotopic (exact) mass is 188 g/mol. The summed E-state index contributed by atoms with van der Waals surface area (Å²) >= 11 is 0. The van der Waals surface area contributed by atoms with E-state index in [1.54, 1.807) is 0 Å². The number of alkyl halides is 2. The van der Waals surface area contributed by atoms with Crippen LogP contribution in [-0.2, 0) is 0 Å². The summed E-state index contributed by atoms with van der Waals surface area (Å²) in [5.74, 6) is -0.0665. The van der Waals surface area contributed by atoms with Crippen LogP contribution in [0.25, 0.3) is 0 Å². The minimum Gasteiger partial charge on any atom is -0.316 e. The van der Waals surface area contributed by atoms with Gasteiger partial charge < -0.3 is 5.32 Å². The Morgan fingerprint density at radius 3 is 2.38 bits per heavy atom. The van der Waals surface area contributed by atoms with E-state index in [0.717, 1.165) is 37.4 Å². The van der Waals surface area contributed by atoms with E-state index in [4.69, 9.17) is 0 Å². The fraction of sp³-hybridized carbons (Fsp3) is 1.00. The Kier molecular flexibility index (Phi) is 1.51. The van der Waals surface area contributed by atoms with Crippen LogP contribution in [0.2, 0.25) is 0 Å². The molecule has 1 aliphatic carbocycles. The van der Waals surface area contributed by atoms with E-state index in [1.165, 1.54) is 0 Å². The molecule has 74 valence electrons. The highest BCUT2D eigenvalue weighted by atomic mass is 19.3. The first-order valence-electron chi connectivity index (χ1n) is 4.97. The molecule has 0 spiro atoms. The lowest BCUT2D eigenvalue weighted by Crippen LogP contribution is -2.56. The van der Waals surface area contributed by atoms with Crippen molar-refractivity contribution in [2.75, 3.05) is 32.7 Å². The van der Waals surface area contributed by atoms with Crippen LogP contribution in [0.1, 0.15) is 0 Å². The Labute approximate surface area is 76.3 Å². The van der Waals surface area contributed by atoms with Crippen LogP contribution in [-0.4, -0.2) is 43.5 Å². The molecule has 4 heteroatoms. The maximum Gasteiger partial charge on any atom is 0.272 e. The van der Waals surface area contributed by atoms with Crippen molar-refractivity contribution in [3.63, 3.8) is 0 Å². The number of halogens is 2. The number of likely N-dealkylation sites (tertiary alicyclic amines) is 1. The molecule has 3 rings (SSSR count). The van der Waals surface area contributed by atoms with E-state index in [1.807, 2.05) is 4.90 Å². The summed E-state index contributed by atoms with van der Waals surface area (Å²) in [7, 11) is 0. The van der Waals surface area contributed by atoms with E-state index in [2.05, 4.69) is 5.32 Å². The lowest BCUT2D eigenvalue weighted by Gasteiger charge is -2.39. The van der Waals surface area contributed by atoms with Gasteiger partial charge in [0, 0.05) is 6.54 Å². The van der Waals surface area contributed by atoms with Crippen LogP contribution < -0.4 is 5.32 Å². The number of nitrogens with zero attached hydrogens (tertiary/aromatic N) is 1. The molecule has 13 heavy (non-hydrogen) atoms. The maximum atomic E-state index is 12.5. The van der Waals surface area contributed by atoms with E-state index >= 15 is 0 Å². The molecular weight excluding hydrogens is 174 g/mol. The number of nitrogens with one attached hydrogen (secondary N) is 1. The molecule has 2 aliphatic heterocycles. The summed E-state index contributed by atoms with van der Waals surface area (Å²) in [4.78, 5) is 1.89. The minimum absolute atomic E-state index is 0.00360. The molecule has 0 aromatic rings. The van der Waals surface area contributed by atoms with Crippen LogP contribution in [0.5, 0.6) is 0 Å². The molecule has 0 aromatic heterocycles. The van der Waals surface area contributed by atoms with Gasteiger partial charge in [-0.2, -0.15) is 0 Å². The molecule has 3 atom stereocenters. The molecule has 2 saturated heterocycles. The highest BCUT2D eigenvalue weighted by Crippen LogP contribution is 2.49. The topological polar surface area (TPSA) is 15.3 Å². The van der Waals surface area contributed by atoms with Crippen LogP contribution in [0.3, 0.4) is 0 Å². The summed E-state index contributed by atoms with van der Waals surface area (Å²) < 4.78 is 25.0. The van der Waals surface area contributed by atoms with Gasteiger partial charge >= 0.3 is 0 Å². The molecule has 0 bridgehead atoms. The predicted octanol–water partition coefficient (Wildman–Crippen LogP) is 0.403. The summed E-state index contributed by atoms with van der Waals surface area (Å²) in [5, 5.41) is 3.31. The first-order chi connectivity index (χ1) is 6.16. The predicted molar refractivity (Wildman–Crippen MR) is 44.7 cm³/mol. The summed E-state index contributed by atoms with van der Waals surface area (Å²) in [6.07, 6.45) is 0. The molecule has 1 unspecified atom stereocenters. The first-order valence-corrected chi connectivity index (χ1v) is 4.97. The van der Waals surface area contributed by atoms with E-state index in [9.17, 15) is 8.78 Å². The number of rotatable bonds is 2. The summed E-state index contributed by atoms with van der Waals surface area (Å²) in [5.41, 5.74) is 0. The minimum atomic E-state index is -2.39. The summed E-state index contributed by atoms with van der Waals surface area (Å²) in [6.45, 7) is 3.12. The zero-order valence-corrected chi connectivity index (χ0v) is 7.47. The Bertz CT molecular complexity index is 214. The molecular formula is C9H14F2N2. The van der Waals surface area contributed by atoms with Crippen LogP contribution in [0, 0.1) is 17.8 Å². The molecule has 1 N–H and O–H groups in total.